The number of nitrogens with one attached hydrogen (secondary N) is 2. The van der Waals surface area contributed by atoms with E-state index in [-0.39, 0.29) is 24.2 Å². The van der Waals surface area contributed by atoms with Crippen LogP contribution in [0.25, 0.3) is 0 Å². The molecule has 0 radical (unpaired) electrons. The van der Waals surface area contributed by atoms with E-state index in [1.165, 1.54) is 11.8 Å². The van der Waals surface area contributed by atoms with Gasteiger partial charge in [-0.25, -0.2) is 0 Å². The molecule has 1 heterocycles. The molecule has 1 aromatic heterocycles. The Bertz CT molecular complexity index is 1130. The number of aliphatic hydroxyl groups is 1. The fourth-order valence-electron chi connectivity index (χ4n) is 3.13. The zero-order valence-corrected chi connectivity index (χ0v) is 19.8. The zero-order chi connectivity index (χ0) is 24.0. The highest BCUT2D eigenvalue weighted by molar-refractivity contribution is 7.99. The third-order valence-corrected chi connectivity index (χ3v) is 6.25. The van der Waals surface area contributed by atoms with E-state index in [9.17, 15) is 14.7 Å². The zero-order valence-electron chi connectivity index (χ0n) is 19.0. The molecule has 174 valence electrons. The molecule has 3 aromatic rings. The van der Waals surface area contributed by atoms with Crippen molar-refractivity contribution in [1.29, 1.82) is 0 Å². The number of nitrogens with zero attached hydrogens (tertiary/aromatic N) is 3. The maximum atomic E-state index is 12.6. The Balaban J connectivity index is 1.62. The number of aryl methyl sites for hydroxylation is 1. The summed E-state index contributed by atoms with van der Waals surface area (Å²) in [6, 6.07) is 11.6. The first-order chi connectivity index (χ1) is 15.8. The predicted molar refractivity (Wildman–Crippen MR) is 127 cm³/mol. The normalized spacial score (nSPS) is 11.7. The molecule has 0 aliphatic rings. The van der Waals surface area contributed by atoms with Gasteiger partial charge in [-0.2, -0.15) is 0 Å². The quantitative estimate of drug-likeness (QED) is 0.412. The van der Waals surface area contributed by atoms with Crippen molar-refractivity contribution in [3.63, 3.8) is 0 Å². The van der Waals surface area contributed by atoms with E-state index in [1.807, 2.05) is 32.0 Å². The van der Waals surface area contributed by atoms with E-state index in [4.69, 9.17) is 4.74 Å². The summed E-state index contributed by atoms with van der Waals surface area (Å²) in [5.41, 5.74) is 3.33. The number of hydrogen-bond acceptors (Lipinski definition) is 7. The Kier molecular flexibility index (Phi) is 8.07. The first-order valence-electron chi connectivity index (χ1n) is 10.3. The van der Waals surface area contributed by atoms with E-state index in [2.05, 4.69) is 20.8 Å². The summed E-state index contributed by atoms with van der Waals surface area (Å²) in [7, 11) is 3.27. The molecule has 2 amide bonds. The molecule has 10 heteroatoms. The van der Waals surface area contributed by atoms with Gasteiger partial charge in [-0.1, -0.05) is 23.9 Å². The van der Waals surface area contributed by atoms with E-state index in [0.717, 1.165) is 16.8 Å². The number of methoxy groups -OCH3 is 1. The van der Waals surface area contributed by atoms with Crippen LogP contribution in [0, 0.1) is 13.8 Å². The number of carbonyl (C=O) groups excluding carboxylic acids is 2. The van der Waals surface area contributed by atoms with Crippen molar-refractivity contribution in [1.82, 2.24) is 20.1 Å². The molecule has 33 heavy (non-hydrogen) atoms. The van der Waals surface area contributed by atoms with Crippen LogP contribution in [0.2, 0.25) is 0 Å². The molecule has 9 nitrogen and oxygen atoms in total. The highest BCUT2D eigenvalue weighted by Gasteiger charge is 2.22. The van der Waals surface area contributed by atoms with Crippen LogP contribution >= 0.6 is 11.8 Å². The molecular weight excluding hydrogens is 442 g/mol. The van der Waals surface area contributed by atoms with E-state index < -0.39 is 6.04 Å². The molecule has 0 bridgehead atoms. The molecule has 0 aliphatic carbocycles. The van der Waals surface area contributed by atoms with Crippen molar-refractivity contribution < 1.29 is 19.4 Å². The maximum absolute atomic E-state index is 12.6. The van der Waals surface area contributed by atoms with Gasteiger partial charge in [0.2, 0.25) is 5.91 Å². The van der Waals surface area contributed by atoms with Crippen LogP contribution in [0.1, 0.15) is 33.4 Å². The summed E-state index contributed by atoms with van der Waals surface area (Å²) in [5, 5.41) is 24.2. The van der Waals surface area contributed by atoms with Crippen LogP contribution in [-0.4, -0.2) is 51.2 Å². The minimum absolute atomic E-state index is 0.140. The summed E-state index contributed by atoms with van der Waals surface area (Å²) in [5.74, 6) is 0.645. The summed E-state index contributed by atoms with van der Waals surface area (Å²) in [6.07, 6.45) is 0. The Morgan fingerprint density at radius 3 is 2.55 bits per heavy atom. The highest BCUT2D eigenvalue weighted by Crippen LogP contribution is 2.22. The van der Waals surface area contributed by atoms with Gasteiger partial charge in [0.1, 0.15) is 11.8 Å². The van der Waals surface area contributed by atoms with Crippen LogP contribution < -0.4 is 15.4 Å². The van der Waals surface area contributed by atoms with Gasteiger partial charge in [-0.3, -0.25) is 9.59 Å². The molecule has 0 unspecified atom stereocenters. The maximum Gasteiger partial charge on any atom is 0.251 e. The summed E-state index contributed by atoms with van der Waals surface area (Å²) < 4.78 is 6.76. The minimum Gasteiger partial charge on any atom is -0.497 e. The van der Waals surface area contributed by atoms with E-state index in [1.54, 1.807) is 43.0 Å². The number of thioether (sulfide) groups is 1. The summed E-state index contributed by atoms with van der Waals surface area (Å²) in [6.45, 7) is 3.60. The van der Waals surface area contributed by atoms with Gasteiger partial charge < -0.3 is 25.0 Å². The van der Waals surface area contributed by atoms with Gasteiger partial charge in [-0.05, 0) is 55.3 Å². The topological polar surface area (TPSA) is 118 Å². The lowest BCUT2D eigenvalue weighted by molar-refractivity contribution is -0.113. The fourth-order valence-corrected chi connectivity index (χ4v) is 3.85. The Morgan fingerprint density at radius 1 is 1.15 bits per heavy atom. The van der Waals surface area contributed by atoms with Gasteiger partial charge in [-0.15, -0.1) is 10.2 Å². The van der Waals surface area contributed by atoms with Crippen LogP contribution in [-0.2, 0) is 11.8 Å². The number of rotatable bonds is 9. The second kappa shape index (κ2) is 11.0. The first kappa shape index (κ1) is 24.3. The molecule has 3 N–H and O–H groups in total. The van der Waals surface area contributed by atoms with Gasteiger partial charge in [0, 0.05) is 18.3 Å². The number of carbonyl (C=O) groups is 2. The number of ether oxygens (including phenoxy) is 1. The van der Waals surface area contributed by atoms with Gasteiger partial charge in [0.15, 0.2) is 11.0 Å². The lowest BCUT2D eigenvalue weighted by Crippen LogP contribution is -2.32. The van der Waals surface area contributed by atoms with Gasteiger partial charge in [0.05, 0.1) is 19.5 Å². The van der Waals surface area contributed by atoms with Crippen LogP contribution in [0.5, 0.6) is 5.75 Å². The smallest absolute Gasteiger partial charge is 0.251 e. The van der Waals surface area contributed by atoms with Crippen molar-refractivity contribution in [3.8, 4) is 5.75 Å². The van der Waals surface area contributed by atoms with Crippen molar-refractivity contribution in [3.05, 3.63) is 65.0 Å². The summed E-state index contributed by atoms with van der Waals surface area (Å²) >= 11 is 1.22. The first-order valence-corrected chi connectivity index (χ1v) is 11.3. The number of anilines is 1. The number of amides is 2. The molecule has 3 rings (SSSR count). The molecule has 0 fully saturated rings. The number of aromatic nitrogens is 3. The van der Waals surface area contributed by atoms with Crippen molar-refractivity contribution in [2.45, 2.75) is 25.0 Å². The summed E-state index contributed by atoms with van der Waals surface area (Å²) in [4.78, 5) is 25.0. The molecule has 0 saturated heterocycles. The Labute approximate surface area is 196 Å². The number of hydrogen-bond donors (Lipinski definition) is 3. The lowest BCUT2D eigenvalue weighted by atomic mass is 10.1. The van der Waals surface area contributed by atoms with Crippen molar-refractivity contribution in [2.24, 2.45) is 7.05 Å². The van der Waals surface area contributed by atoms with Crippen LogP contribution in [0.3, 0.4) is 0 Å². The number of aliphatic hydroxyl groups excluding tert-OH is 1. The molecule has 0 spiro atoms. The van der Waals surface area contributed by atoms with Gasteiger partial charge >= 0.3 is 0 Å². The Hall–Kier alpha value is -3.37. The van der Waals surface area contributed by atoms with E-state index >= 15 is 0 Å². The Morgan fingerprint density at radius 2 is 1.88 bits per heavy atom. The van der Waals surface area contributed by atoms with Crippen molar-refractivity contribution >= 4 is 29.3 Å². The average Bonchev–Trinajstić information content (AvgIpc) is 3.19. The fraction of sp³-hybridized carbons (Fsp3) is 0.304. The predicted octanol–water partition coefficient (Wildman–Crippen LogP) is 2.63. The van der Waals surface area contributed by atoms with E-state index in [0.29, 0.717) is 22.3 Å². The monoisotopic (exact) mass is 469 g/mol. The van der Waals surface area contributed by atoms with Crippen LogP contribution in [0.4, 0.5) is 5.69 Å². The largest absolute Gasteiger partial charge is 0.497 e. The van der Waals surface area contributed by atoms with Crippen LogP contribution in [0.15, 0.2) is 47.6 Å². The minimum atomic E-state index is -0.754. The second-order valence-electron chi connectivity index (χ2n) is 7.42. The highest BCUT2D eigenvalue weighted by atomic mass is 32.2. The average molecular weight is 470 g/mol. The number of benzene rings is 2. The molecule has 2 aromatic carbocycles. The van der Waals surface area contributed by atoms with Crippen molar-refractivity contribution in [2.75, 3.05) is 24.8 Å². The van der Waals surface area contributed by atoms with Gasteiger partial charge in [0.25, 0.3) is 5.91 Å². The SMILES string of the molecule is COc1ccc(C(=O)N[C@H](CO)c2nnc(SCC(=O)Nc3cccc(C)c3C)n2C)cc1. The standard InChI is InChI=1S/C23H27N5O4S/c1-14-6-5-7-18(15(14)2)24-20(30)13-33-23-27-26-21(28(23)3)19(12-29)25-22(31)16-8-10-17(32-4)11-9-16/h5-11,19,29H,12-13H2,1-4H3,(H,24,30)(H,25,31)/t19-/m1/s1. The second-order valence-corrected chi connectivity index (χ2v) is 8.36. The third-order valence-electron chi connectivity index (χ3n) is 5.23. The molecule has 0 aliphatic heterocycles. The molecule has 1 atom stereocenters. The molecular formula is C23H27N5O4S. The third kappa shape index (κ3) is 5.91. The molecule has 0 saturated carbocycles. The lowest BCUT2D eigenvalue weighted by Gasteiger charge is -2.16.